The molecule has 0 saturated heterocycles. The Morgan fingerprint density at radius 3 is 2.50 bits per heavy atom. The van der Waals surface area contributed by atoms with Crippen molar-refractivity contribution in [3.8, 4) is 16.9 Å². The number of pyridine rings is 1. The van der Waals surface area contributed by atoms with Crippen LogP contribution in [0.15, 0.2) is 77.2 Å². The van der Waals surface area contributed by atoms with Gasteiger partial charge in [-0.25, -0.2) is 13.8 Å². The summed E-state index contributed by atoms with van der Waals surface area (Å²) < 4.78 is 38.8. The number of nitrogens with zero attached hydrogens (tertiary/aromatic N) is 1. The van der Waals surface area contributed by atoms with Gasteiger partial charge >= 0.3 is 0 Å². The summed E-state index contributed by atoms with van der Waals surface area (Å²) in [5.41, 5.74) is 7.47. The van der Waals surface area contributed by atoms with E-state index in [0.29, 0.717) is 28.0 Å². The van der Waals surface area contributed by atoms with Gasteiger partial charge in [0.25, 0.3) is 18.2 Å². The number of benzene rings is 2. The maximum atomic E-state index is 13.7. The maximum absolute atomic E-state index is 13.7. The average Bonchev–Trinajstić information content (AvgIpc) is 3.58. The lowest BCUT2D eigenvalue weighted by molar-refractivity contribution is 0.0992. The molecule has 10 heteroatoms. The van der Waals surface area contributed by atoms with Gasteiger partial charge in [0.05, 0.1) is 5.69 Å². The Kier molecular flexibility index (Phi) is 7.88. The van der Waals surface area contributed by atoms with Crippen LogP contribution in [0.5, 0.6) is 5.75 Å². The number of halogens is 2. The van der Waals surface area contributed by atoms with Crippen LogP contribution in [0, 0.1) is 0 Å². The summed E-state index contributed by atoms with van der Waals surface area (Å²) >= 11 is 0.840. The quantitative estimate of drug-likeness (QED) is 0.185. The number of nitrogens with two attached hydrogens (primary N) is 1. The first-order chi connectivity index (χ1) is 19.3. The van der Waals surface area contributed by atoms with Gasteiger partial charge in [0.2, 0.25) is 0 Å². The fourth-order valence-corrected chi connectivity index (χ4v) is 5.33. The molecule has 0 aliphatic carbocycles. The van der Waals surface area contributed by atoms with E-state index in [-0.39, 0.29) is 27.8 Å². The maximum Gasteiger partial charge on any atom is 0.291 e. The number of hydrogen-bond donors (Lipinski definition) is 2. The first kappa shape index (κ1) is 27.0. The Morgan fingerprint density at radius 2 is 1.82 bits per heavy atom. The van der Waals surface area contributed by atoms with Crippen molar-refractivity contribution in [3.63, 3.8) is 0 Å². The normalized spacial score (nSPS) is 11.2. The zero-order valence-electron chi connectivity index (χ0n) is 21.4. The minimum absolute atomic E-state index is 0.0129. The number of furan rings is 1. The van der Waals surface area contributed by atoms with E-state index >= 15 is 0 Å². The summed E-state index contributed by atoms with van der Waals surface area (Å²) in [7, 11) is 0. The van der Waals surface area contributed by atoms with E-state index < -0.39 is 23.9 Å². The Bertz CT molecular complexity index is 1660. The molecule has 0 atom stereocenters. The lowest BCUT2D eigenvalue weighted by Crippen LogP contribution is -2.16. The van der Waals surface area contributed by atoms with E-state index in [2.05, 4.69) is 17.2 Å². The zero-order valence-corrected chi connectivity index (χ0v) is 22.3. The Hall–Kier alpha value is -4.57. The Labute approximate surface area is 232 Å². The van der Waals surface area contributed by atoms with Gasteiger partial charge in [0.1, 0.15) is 33.5 Å². The van der Waals surface area contributed by atoms with E-state index in [4.69, 9.17) is 14.9 Å². The van der Waals surface area contributed by atoms with Gasteiger partial charge in [0.15, 0.2) is 5.76 Å². The molecule has 0 aliphatic rings. The minimum Gasteiger partial charge on any atom is -0.486 e. The fraction of sp³-hybridized carbons (Fsp3) is 0.167. The summed E-state index contributed by atoms with van der Waals surface area (Å²) in [6, 6.07) is 20.9. The van der Waals surface area contributed by atoms with Crippen molar-refractivity contribution in [1.29, 1.82) is 0 Å². The van der Waals surface area contributed by atoms with Crippen LogP contribution in [0.3, 0.4) is 0 Å². The topological polar surface area (TPSA) is 107 Å². The number of amides is 2. The van der Waals surface area contributed by atoms with Gasteiger partial charge in [0, 0.05) is 5.39 Å². The summed E-state index contributed by atoms with van der Waals surface area (Å²) in [5, 5.41) is 3.04. The van der Waals surface area contributed by atoms with Crippen molar-refractivity contribution in [1.82, 2.24) is 4.98 Å². The highest BCUT2D eigenvalue weighted by Gasteiger charge is 2.26. The molecule has 0 aliphatic heterocycles. The highest BCUT2D eigenvalue weighted by Crippen LogP contribution is 2.42. The number of ether oxygens (including phenoxy) is 1. The van der Waals surface area contributed by atoms with Crippen molar-refractivity contribution < 1.29 is 27.5 Å². The summed E-state index contributed by atoms with van der Waals surface area (Å²) in [4.78, 5) is 29.7. The molecule has 40 heavy (non-hydrogen) atoms. The molecule has 7 nitrogen and oxygen atoms in total. The lowest BCUT2D eigenvalue weighted by Gasteiger charge is -2.10. The molecule has 2 aromatic carbocycles. The zero-order chi connectivity index (χ0) is 28.2. The number of nitrogens with one attached hydrogen (secondary N) is 1. The number of carbonyl (C=O) groups is 2. The molecule has 2 amide bonds. The van der Waals surface area contributed by atoms with Crippen LogP contribution in [0.25, 0.3) is 21.3 Å². The van der Waals surface area contributed by atoms with E-state index in [1.54, 1.807) is 36.4 Å². The lowest BCUT2D eigenvalue weighted by atomic mass is 10.0. The van der Waals surface area contributed by atoms with Crippen molar-refractivity contribution in [2.75, 3.05) is 5.32 Å². The fourth-order valence-electron chi connectivity index (χ4n) is 4.32. The van der Waals surface area contributed by atoms with Gasteiger partial charge in [-0.2, -0.15) is 0 Å². The molecule has 0 saturated carbocycles. The first-order valence-corrected chi connectivity index (χ1v) is 13.4. The standard InChI is InChI=1S/C30H25F2N3O4S/c1-2-6-17-9-11-19(12-10-17)38-16-20-13-14-23(39-20)29(37)35-25-24-21(18-7-4-3-5-8-18)15-22(27(31)32)34-30(24)40-26(25)28(33)36/h3-5,7-15,27H,2,6,16H2,1H3,(H2,33,36)(H,35,37). The van der Waals surface area contributed by atoms with E-state index in [0.717, 1.165) is 24.2 Å². The Balaban J connectivity index is 1.43. The van der Waals surface area contributed by atoms with Gasteiger partial charge in [-0.3, -0.25) is 9.59 Å². The number of rotatable bonds is 10. The molecule has 0 fully saturated rings. The molecular weight excluding hydrogens is 536 g/mol. The molecule has 0 bridgehead atoms. The molecule has 0 radical (unpaired) electrons. The number of primary amides is 1. The highest BCUT2D eigenvalue weighted by molar-refractivity contribution is 7.21. The predicted octanol–water partition coefficient (Wildman–Crippen LogP) is 7.38. The van der Waals surface area contributed by atoms with Crippen LogP contribution < -0.4 is 15.8 Å². The van der Waals surface area contributed by atoms with Crippen LogP contribution in [0.2, 0.25) is 0 Å². The number of aromatic nitrogens is 1. The third-order valence-electron chi connectivity index (χ3n) is 6.18. The number of alkyl halides is 2. The number of carbonyl (C=O) groups excluding carboxylic acids is 2. The molecule has 204 valence electrons. The van der Waals surface area contributed by atoms with Crippen LogP contribution in [-0.2, 0) is 13.0 Å². The van der Waals surface area contributed by atoms with E-state index in [1.165, 1.54) is 17.7 Å². The number of fused-ring (bicyclic) bond motifs is 1. The van der Waals surface area contributed by atoms with E-state index in [9.17, 15) is 18.4 Å². The monoisotopic (exact) mass is 561 g/mol. The molecule has 0 unspecified atom stereocenters. The molecule has 0 spiro atoms. The third kappa shape index (κ3) is 5.72. The molecule has 5 rings (SSSR count). The molecule has 3 N–H and O–H groups in total. The van der Waals surface area contributed by atoms with Crippen molar-refractivity contribution >= 4 is 39.1 Å². The molecular formula is C30H25F2N3O4S. The predicted molar refractivity (Wildman–Crippen MR) is 150 cm³/mol. The number of aryl methyl sites for hydroxylation is 1. The summed E-state index contributed by atoms with van der Waals surface area (Å²) in [6.07, 6.45) is -0.785. The second kappa shape index (κ2) is 11.7. The van der Waals surface area contributed by atoms with E-state index in [1.807, 2.05) is 24.3 Å². The van der Waals surface area contributed by atoms with Crippen LogP contribution in [0.4, 0.5) is 14.5 Å². The molecule has 5 aromatic rings. The first-order valence-electron chi connectivity index (χ1n) is 12.6. The van der Waals surface area contributed by atoms with Gasteiger partial charge < -0.3 is 20.2 Å². The van der Waals surface area contributed by atoms with Crippen molar-refractivity contribution in [2.45, 2.75) is 32.8 Å². The Morgan fingerprint density at radius 1 is 1.07 bits per heavy atom. The second-order valence-electron chi connectivity index (χ2n) is 9.01. The summed E-state index contributed by atoms with van der Waals surface area (Å²) in [6.45, 7) is 2.22. The smallest absolute Gasteiger partial charge is 0.291 e. The number of hydrogen-bond acceptors (Lipinski definition) is 6. The molecule has 3 aromatic heterocycles. The van der Waals surface area contributed by atoms with Gasteiger partial charge in [-0.05, 0) is 53.4 Å². The average molecular weight is 562 g/mol. The van der Waals surface area contributed by atoms with Gasteiger partial charge in [-0.1, -0.05) is 55.8 Å². The number of thiophene rings is 1. The highest BCUT2D eigenvalue weighted by atomic mass is 32.1. The molecule has 3 heterocycles. The third-order valence-corrected chi connectivity index (χ3v) is 7.28. The summed E-state index contributed by atoms with van der Waals surface area (Å²) in [5.74, 6) is -0.405. The minimum atomic E-state index is -2.83. The second-order valence-corrected chi connectivity index (χ2v) is 10.0. The van der Waals surface area contributed by atoms with Crippen LogP contribution in [-0.4, -0.2) is 16.8 Å². The van der Waals surface area contributed by atoms with Crippen LogP contribution in [0.1, 0.15) is 57.0 Å². The SMILES string of the molecule is CCCc1ccc(OCc2ccc(C(=O)Nc3c(C(N)=O)sc4nc(C(F)F)cc(-c5ccccc5)c34)o2)cc1. The van der Waals surface area contributed by atoms with Gasteiger partial charge in [-0.15, -0.1) is 11.3 Å². The number of anilines is 1. The largest absolute Gasteiger partial charge is 0.486 e. The van der Waals surface area contributed by atoms with Crippen LogP contribution >= 0.6 is 11.3 Å². The van der Waals surface area contributed by atoms with Crippen molar-refractivity contribution in [2.24, 2.45) is 5.73 Å². The van der Waals surface area contributed by atoms with Crippen molar-refractivity contribution in [3.05, 3.63) is 100 Å².